The molecule has 1 aliphatic rings. The first-order valence-corrected chi connectivity index (χ1v) is 10.0. The predicted molar refractivity (Wildman–Crippen MR) is 110 cm³/mol. The van der Waals surface area contributed by atoms with E-state index in [0.29, 0.717) is 18.6 Å². The van der Waals surface area contributed by atoms with Crippen molar-refractivity contribution in [3.05, 3.63) is 59.7 Å². The molecule has 1 fully saturated rings. The van der Waals surface area contributed by atoms with Crippen LogP contribution in [0.3, 0.4) is 0 Å². The molecule has 2 aromatic carbocycles. The second kappa shape index (κ2) is 9.77. The summed E-state index contributed by atoms with van der Waals surface area (Å²) in [6.45, 7) is 9.45. The molecule has 4 nitrogen and oxygen atoms in total. The fraction of sp³-hybridized carbons (Fsp3) is 0.478. The third-order valence-corrected chi connectivity index (χ3v) is 5.49. The molecule has 0 spiro atoms. The fourth-order valence-electron chi connectivity index (χ4n) is 3.81. The van der Waals surface area contributed by atoms with Gasteiger partial charge in [0.1, 0.15) is 6.61 Å². The van der Waals surface area contributed by atoms with E-state index in [-0.39, 0.29) is 0 Å². The molecule has 0 amide bonds. The van der Waals surface area contributed by atoms with E-state index in [1.807, 2.05) is 18.2 Å². The van der Waals surface area contributed by atoms with Gasteiger partial charge in [-0.3, -0.25) is 4.90 Å². The van der Waals surface area contributed by atoms with Crippen LogP contribution in [0, 0.1) is 5.92 Å². The van der Waals surface area contributed by atoms with Crippen molar-refractivity contribution >= 4 is 0 Å². The lowest BCUT2D eigenvalue weighted by Crippen LogP contribution is -2.46. The largest absolute Gasteiger partial charge is 0.493 e. The van der Waals surface area contributed by atoms with Crippen molar-refractivity contribution in [3.63, 3.8) is 0 Å². The van der Waals surface area contributed by atoms with E-state index in [2.05, 4.69) is 54.4 Å². The SMILES string of the molecule is CCC(C)[C@@H](c1ccc(OCc2ccccc2)c(OC)c1)N1CCNCC1. The maximum absolute atomic E-state index is 6.03. The van der Waals surface area contributed by atoms with Gasteiger partial charge in [-0.15, -0.1) is 0 Å². The Hall–Kier alpha value is -2.04. The minimum Gasteiger partial charge on any atom is -0.493 e. The number of nitrogens with zero attached hydrogens (tertiary/aromatic N) is 1. The Labute approximate surface area is 163 Å². The Morgan fingerprint density at radius 2 is 1.78 bits per heavy atom. The van der Waals surface area contributed by atoms with Crippen molar-refractivity contribution in [1.29, 1.82) is 0 Å². The van der Waals surface area contributed by atoms with E-state index in [9.17, 15) is 0 Å². The number of hydrogen-bond acceptors (Lipinski definition) is 4. The Kier molecular flexibility index (Phi) is 7.13. The molecule has 0 aliphatic carbocycles. The zero-order valence-corrected chi connectivity index (χ0v) is 16.8. The molecule has 2 atom stereocenters. The first kappa shape index (κ1) is 19.7. The van der Waals surface area contributed by atoms with E-state index >= 15 is 0 Å². The summed E-state index contributed by atoms with van der Waals surface area (Å²) in [5, 5.41) is 3.46. The Morgan fingerprint density at radius 3 is 2.44 bits per heavy atom. The first-order chi connectivity index (χ1) is 13.2. The van der Waals surface area contributed by atoms with E-state index in [4.69, 9.17) is 9.47 Å². The van der Waals surface area contributed by atoms with Gasteiger partial charge >= 0.3 is 0 Å². The van der Waals surface area contributed by atoms with Crippen molar-refractivity contribution in [1.82, 2.24) is 10.2 Å². The van der Waals surface area contributed by atoms with Crippen molar-refractivity contribution in [2.45, 2.75) is 32.9 Å². The van der Waals surface area contributed by atoms with Gasteiger partial charge in [0.05, 0.1) is 7.11 Å². The topological polar surface area (TPSA) is 33.7 Å². The number of nitrogens with one attached hydrogen (secondary N) is 1. The van der Waals surface area contributed by atoms with Crippen LogP contribution in [0.15, 0.2) is 48.5 Å². The van der Waals surface area contributed by atoms with E-state index in [1.165, 1.54) is 5.56 Å². The summed E-state index contributed by atoms with van der Waals surface area (Å²) in [5.74, 6) is 2.20. The van der Waals surface area contributed by atoms with E-state index < -0.39 is 0 Å². The summed E-state index contributed by atoms with van der Waals surface area (Å²) < 4.78 is 11.7. The van der Waals surface area contributed by atoms with Crippen LogP contribution in [0.1, 0.15) is 37.4 Å². The molecule has 1 unspecified atom stereocenters. The number of ether oxygens (including phenoxy) is 2. The molecule has 3 rings (SSSR count). The molecule has 4 heteroatoms. The maximum atomic E-state index is 6.03. The van der Waals surface area contributed by atoms with Crippen LogP contribution < -0.4 is 14.8 Å². The van der Waals surface area contributed by atoms with Gasteiger partial charge in [0.15, 0.2) is 11.5 Å². The average molecular weight is 369 g/mol. The number of benzene rings is 2. The lowest BCUT2D eigenvalue weighted by molar-refractivity contribution is 0.128. The Morgan fingerprint density at radius 1 is 1.04 bits per heavy atom. The molecule has 0 radical (unpaired) electrons. The van der Waals surface area contributed by atoms with Gasteiger partial charge in [-0.25, -0.2) is 0 Å². The number of hydrogen-bond donors (Lipinski definition) is 1. The lowest BCUT2D eigenvalue weighted by atomic mass is 9.90. The third-order valence-electron chi connectivity index (χ3n) is 5.49. The lowest BCUT2D eigenvalue weighted by Gasteiger charge is -2.38. The van der Waals surface area contributed by atoms with Gasteiger partial charge in [-0.2, -0.15) is 0 Å². The van der Waals surface area contributed by atoms with E-state index in [1.54, 1.807) is 7.11 Å². The van der Waals surface area contributed by atoms with Crippen molar-refractivity contribution in [2.75, 3.05) is 33.3 Å². The highest BCUT2D eigenvalue weighted by molar-refractivity contribution is 5.44. The molecule has 0 bridgehead atoms. The van der Waals surface area contributed by atoms with Crippen LogP contribution in [0.25, 0.3) is 0 Å². The number of piperazine rings is 1. The van der Waals surface area contributed by atoms with Crippen molar-refractivity contribution in [2.24, 2.45) is 5.92 Å². The Balaban J connectivity index is 1.79. The molecule has 2 aromatic rings. The van der Waals surface area contributed by atoms with Gasteiger partial charge in [0.2, 0.25) is 0 Å². The van der Waals surface area contributed by atoms with Crippen LogP contribution in [-0.4, -0.2) is 38.2 Å². The second-order valence-corrected chi connectivity index (χ2v) is 7.30. The normalized spacial score (nSPS) is 17.3. The van der Waals surface area contributed by atoms with Crippen molar-refractivity contribution < 1.29 is 9.47 Å². The minimum atomic E-state index is 0.411. The molecule has 1 heterocycles. The molecule has 1 saturated heterocycles. The predicted octanol–water partition coefficient (Wildman–Crippen LogP) is 4.27. The molecule has 146 valence electrons. The minimum absolute atomic E-state index is 0.411. The van der Waals surface area contributed by atoms with Crippen LogP contribution in [0.4, 0.5) is 0 Å². The first-order valence-electron chi connectivity index (χ1n) is 10.0. The highest BCUT2D eigenvalue weighted by atomic mass is 16.5. The number of rotatable bonds is 8. The molecule has 0 aromatic heterocycles. The van der Waals surface area contributed by atoms with E-state index in [0.717, 1.165) is 49.7 Å². The summed E-state index contributed by atoms with van der Waals surface area (Å²) in [7, 11) is 1.72. The molecular weight excluding hydrogens is 336 g/mol. The average Bonchev–Trinajstić information content (AvgIpc) is 2.74. The molecule has 1 aliphatic heterocycles. The zero-order valence-electron chi connectivity index (χ0n) is 16.8. The zero-order chi connectivity index (χ0) is 19.1. The summed E-state index contributed by atoms with van der Waals surface area (Å²) in [4.78, 5) is 2.60. The molecular formula is C23H32N2O2. The molecule has 1 N–H and O–H groups in total. The summed E-state index contributed by atoms with van der Waals surface area (Å²) in [6.07, 6.45) is 1.16. The molecule has 27 heavy (non-hydrogen) atoms. The quantitative estimate of drug-likeness (QED) is 0.755. The van der Waals surface area contributed by atoms with Gasteiger partial charge in [0, 0.05) is 32.2 Å². The summed E-state index contributed by atoms with van der Waals surface area (Å²) in [5.41, 5.74) is 2.47. The van der Waals surface area contributed by atoms with Crippen LogP contribution in [0.5, 0.6) is 11.5 Å². The van der Waals surface area contributed by atoms with Gasteiger partial charge in [-0.05, 0) is 29.2 Å². The van der Waals surface area contributed by atoms with Crippen molar-refractivity contribution in [3.8, 4) is 11.5 Å². The van der Waals surface area contributed by atoms with Crippen LogP contribution in [-0.2, 0) is 6.61 Å². The number of methoxy groups -OCH3 is 1. The third kappa shape index (κ3) is 5.02. The summed E-state index contributed by atoms with van der Waals surface area (Å²) >= 11 is 0. The Bertz CT molecular complexity index is 699. The van der Waals surface area contributed by atoms with Crippen LogP contribution >= 0.6 is 0 Å². The highest BCUT2D eigenvalue weighted by Crippen LogP contribution is 2.36. The molecule has 0 saturated carbocycles. The van der Waals surface area contributed by atoms with Crippen LogP contribution in [0.2, 0.25) is 0 Å². The highest BCUT2D eigenvalue weighted by Gasteiger charge is 2.27. The second-order valence-electron chi connectivity index (χ2n) is 7.30. The van der Waals surface area contributed by atoms with Gasteiger partial charge < -0.3 is 14.8 Å². The van der Waals surface area contributed by atoms with Gasteiger partial charge in [-0.1, -0.05) is 56.7 Å². The van der Waals surface area contributed by atoms with Gasteiger partial charge in [0.25, 0.3) is 0 Å². The fourth-order valence-corrected chi connectivity index (χ4v) is 3.81. The maximum Gasteiger partial charge on any atom is 0.161 e. The monoisotopic (exact) mass is 368 g/mol. The smallest absolute Gasteiger partial charge is 0.161 e. The standard InChI is InChI=1S/C23H32N2O2/c1-4-18(2)23(25-14-12-24-13-15-25)20-10-11-21(22(16-20)26-3)27-17-19-8-6-5-7-9-19/h5-11,16,18,23-24H,4,12-15,17H2,1-3H3/t18?,23-/m0/s1. The summed E-state index contributed by atoms with van der Waals surface area (Å²) in [6, 6.07) is 17.1.